The summed E-state index contributed by atoms with van der Waals surface area (Å²) in [4.78, 5) is 13.9. The van der Waals surface area contributed by atoms with Crippen LogP contribution in [0.1, 0.15) is 26.3 Å². The molecule has 0 spiro atoms. The topological polar surface area (TPSA) is 93.7 Å². The van der Waals surface area contributed by atoms with Gasteiger partial charge in [-0.2, -0.15) is 0 Å². The van der Waals surface area contributed by atoms with E-state index in [4.69, 9.17) is 9.47 Å². The van der Waals surface area contributed by atoms with Crippen molar-refractivity contribution in [3.63, 3.8) is 0 Å². The van der Waals surface area contributed by atoms with Crippen molar-refractivity contribution >= 4 is 15.9 Å². The number of benzene rings is 2. The van der Waals surface area contributed by atoms with Gasteiger partial charge in [0.15, 0.2) is 6.61 Å². The van der Waals surface area contributed by atoms with E-state index in [1.807, 2.05) is 17.0 Å². The SMILES string of the molecule is COc1ccc(S(=O)(=O)NNC(=O)COc2ccc(C(C)(C)C)cc2)cc1. The molecule has 1 amide bonds. The van der Waals surface area contributed by atoms with Crippen molar-refractivity contribution in [3.8, 4) is 11.5 Å². The minimum atomic E-state index is -3.88. The van der Waals surface area contributed by atoms with Gasteiger partial charge in [0.05, 0.1) is 12.0 Å². The van der Waals surface area contributed by atoms with Crippen LogP contribution in [0.5, 0.6) is 11.5 Å². The number of sulfonamides is 1. The van der Waals surface area contributed by atoms with Gasteiger partial charge in [-0.3, -0.25) is 10.2 Å². The van der Waals surface area contributed by atoms with Crippen LogP contribution < -0.4 is 19.7 Å². The van der Waals surface area contributed by atoms with Gasteiger partial charge < -0.3 is 9.47 Å². The number of carbonyl (C=O) groups excluding carboxylic acids is 1. The van der Waals surface area contributed by atoms with E-state index in [0.717, 1.165) is 5.56 Å². The van der Waals surface area contributed by atoms with Gasteiger partial charge in [-0.15, -0.1) is 4.83 Å². The molecule has 2 aromatic rings. The van der Waals surface area contributed by atoms with Crippen molar-refractivity contribution in [1.82, 2.24) is 10.3 Å². The van der Waals surface area contributed by atoms with Crippen LogP contribution in [0, 0.1) is 0 Å². The third kappa shape index (κ3) is 5.97. The molecule has 0 aliphatic heterocycles. The van der Waals surface area contributed by atoms with E-state index < -0.39 is 15.9 Å². The fourth-order valence-corrected chi connectivity index (χ4v) is 3.03. The Morgan fingerprint density at radius 3 is 2.04 bits per heavy atom. The first kappa shape index (κ1) is 20.7. The smallest absolute Gasteiger partial charge is 0.272 e. The summed E-state index contributed by atoms with van der Waals surface area (Å²) in [7, 11) is -2.39. The van der Waals surface area contributed by atoms with E-state index in [1.165, 1.54) is 31.4 Å². The van der Waals surface area contributed by atoms with Crippen LogP contribution in [0.3, 0.4) is 0 Å². The second kappa shape index (κ2) is 8.41. The number of amides is 1. The molecule has 0 saturated heterocycles. The molecule has 0 bridgehead atoms. The number of ether oxygens (including phenoxy) is 2. The molecule has 0 unspecified atom stereocenters. The first-order chi connectivity index (χ1) is 12.6. The Hall–Kier alpha value is -2.58. The lowest BCUT2D eigenvalue weighted by molar-refractivity contribution is -0.123. The van der Waals surface area contributed by atoms with E-state index in [1.54, 1.807) is 12.1 Å². The van der Waals surface area contributed by atoms with Crippen LogP contribution in [0.25, 0.3) is 0 Å². The standard InChI is InChI=1S/C19H24N2O5S/c1-19(2,3)14-5-7-16(8-6-14)26-13-18(22)20-21-27(23,24)17-11-9-15(25-4)10-12-17/h5-12,21H,13H2,1-4H3,(H,20,22). The molecule has 27 heavy (non-hydrogen) atoms. The lowest BCUT2D eigenvalue weighted by Crippen LogP contribution is -2.43. The Labute approximate surface area is 159 Å². The number of hydrazine groups is 1. The molecule has 0 aliphatic rings. The molecule has 2 aromatic carbocycles. The Bertz CT molecular complexity index is 870. The molecule has 8 heteroatoms. The quantitative estimate of drug-likeness (QED) is 0.706. The molecular formula is C19H24N2O5S. The summed E-state index contributed by atoms with van der Waals surface area (Å²) in [5, 5.41) is 0. The predicted octanol–water partition coefficient (Wildman–Crippen LogP) is 2.38. The average Bonchev–Trinajstić information content (AvgIpc) is 2.64. The summed E-state index contributed by atoms with van der Waals surface area (Å²) in [5.41, 5.74) is 3.29. The second-order valence-electron chi connectivity index (χ2n) is 6.89. The zero-order chi connectivity index (χ0) is 20.1. The molecule has 0 fully saturated rings. The number of hydrogen-bond acceptors (Lipinski definition) is 5. The number of rotatable bonds is 7. The zero-order valence-corrected chi connectivity index (χ0v) is 16.6. The van der Waals surface area contributed by atoms with Gasteiger partial charge in [0.2, 0.25) is 0 Å². The van der Waals surface area contributed by atoms with Gasteiger partial charge in [-0.25, -0.2) is 8.42 Å². The zero-order valence-electron chi connectivity index (χ0n) is 15.8. The molecule has 2 N–H and O–H groups in total. The number of carbonyl (C=O) groups is 1. The molecule has 146 valence electrons. The van der Waals surface area contributed by atoms with Crippen LogP contribution in [0.4, 0.5) is 0 Å². The largest absolute Gasteiger partial charge is 0.497 e. The highest BCUT2D eigenvalue weighted by Crippen LogP contribution is 2.24. The Balaban J connectivity index is 1.86. The van der Waals surface area contributed by atoms with Crippen molar-refractivity contribution in [2.24, 2.45) is 0 Å². The summed E-state index contributed by atoms with van der Waals surface area (Å²) in [6.45, 7) is 5.99. The van der Waals surface area contributed by atoms with Gasteiger partial charge in [-0.1, -0.05) is 32.9 Å². The highest BCUT2D eigenvalue weighted by molar-refractivity contribution is 7.89. The van der Waals surface area contributed by atoms with Gasteiger partial charge in [-0.05, 0) is 47.4 Å². The van der Waals surface area contributed by atoms with Gasteiger partial charge >= 0.3 is 0 Å². The highest BCUT2D eigenvalue weighted by atomic mass is 32.2. The lowest BCUT2D eigenvalue weighted by Gasteiger charge is -2.19. The Kier molecular flexibility index (Phi) is 6.45. The van der Waals surface area contributed by atoms with E-state index in [0.29, 0.717) is 11.5 Å². The summed E-state index contributed by atoms with van der Waals surface area (Å²) >= 11 is 0. The van der Waals surface area contributed by atoms with E-state index >= 15 is 0 Å². The van der Waals surface area contributed by atoms with E-state index in [9.17, 15) is 13.2 Å². The second-order valence-corrected chi connectivity index (χ2v) is 8.57. The molecule has 0 saturated carbocycles. The summed E-state index contributed by atoms with van der Waals surface area (Å²) in [5.74, 6) is 0.437. The molecule has 7 nitrogen and oxygen atoms in total. The number of hydrogen-bond donors (Lipinski definition) is 2. The third-order valence-electron chi connectivity index (χ3n) is 3.78. The predicted molar refractivity (Wildman–Crippen MR) is 102 cm³/mol. The highest BCUT2D eigenvalue weighted by Gasteiger charge is 2.16. The molecular weight excluding hydrogens is 368 g/mol. The van der Waals surface area contributed by atoms with Gasteiger partial charge in [0.25, 0.3) is 15.9 Å². The monoisotopic (exact) mass is 392 g/mol. The maximum Gasteiger partial charge on any atom is 0.272 e. The molecule has 0 aromatic heterocycles. The van der Waals surface area contributed by atoms with Crippen molar-refractivity contribution in [2.75, 3.05) is 13.7 Å². The van der Waals surface area contributed by atoms with Crippen LogP contribution >= 0.6 is 0 Å². The minimum Gasteiger partial charge on any atom is -0.497 e. The lowest BCUT2D eigenvalue weighted by atomic mass is 9.87. The summed E-state index contributed by atoms with van der Waals surface area (Å²) in [6.07, 6.45) is 0. The van der Waals surface area contributed by atoms with Crippen LogP contribution in [0.2, 0.25) is 0 Å². The van der Waals surface area contributed by atoms with Gasteiger partial charge in [0, 0.05) is 0 Å². The number of nitrogens with one attached hydrogen (secondary N) is 2. The van der Waals surface area contributed by atoms with Crippen LogP contribution in [-0.4, -0.2) is 28.0 Å². The molecule has 0 heterocycles. The van der Waals surface area contributed by atoms with Crippen LogP contribution in [-0.2, 0) is 20.2 Å². The maximum absolute atomic E-state index is 12.1. The third-order valence-corrected chi connectivity index (χ3v) is 5.05. The van der Waals surface area contributed by atoms with Gasteiger partial charge in [0.1, 0.15) is 11.5 Å². The Morgan fingerprint density at radius 2 is 1.52 bits per heavy atom. The molecule has 0 atom stereocenters. The van der Waals surface area contributed by atoms with Crippen molar-refractivity contribution < 1.29 is 22.7 Å². The summed E-state index contributed by atoms with van der Waals surface area (Å²) < 4.78 is 34.6. The fourth-order valence-electron chi connectivity index (χ4n) is 2.17. The maximum atomic E-state index is 12.1. The van der Waals surface area contributed by atoms with E-state index in [2.05, 4.69) is 26.2 Å². The Morgan fingerprint density at radius 1 is 0.963 bits per heavy atom. The fraction of sp³-hybridized carbons (Fsp3) is 0.316. The van der Waals surface area contributed by atoms with E-state index in [-0.39, 0.29) is 16.9 Å². The summed E-state index contributed by atoms with van der Waals surface area (Å²) in [6, 6.07) is 13.2. The average molecular weight is 392 g/mol. The molecule has 0 aliphatic carbocycles. The van der Waals surface area contributed by atoms with Crippen molar-refractivity contribution in [2.45, 2.75) is 31.1 Å². The van der Waals surface area contributed by atoms with Crippen LogP contribution in [0.15, 0.2) is 53.4 Å². The van der Waals surface area contributed by atoms with Crippen molar-refractivity contribution in [3.05, 3.63) is 54.1 Å². The minimum absolute atomic E-state index is 0.00212. The molecule has 2 rings (SSSR count). The number of methoxy groups -OCH3 is 1. The molecule has 0 radical (unpaired) electrons. The first-order valence-electron chi connectivity index (χ1n) is 8.30. The van der Waals surface area contributed by atoms with Crippen molar-refractivity contribution in [1.29, 1.82) is 0 Å². The normalized spacial score (nSPS) is 11.7. The first-order valence-corrected chi connectivity index (χ1v) is 9.78.